The Kier molecular flexibility index (Phi) is 39.1. The van der Waals surface area contributed by atoms with Crippen LogP contribution in [-0.4, -0.2) is 37.9 Å². The van der Waals surface area contributed by atoms with Gasteiger partial charge in [0.1, 0.15) is 6.61 Å². The first-order valence-corrected chi connectivity index (χ1v) is 20.8. The first kappa shape index (κ1) is 47.6. The molecule has 0 rings (SSSR count). The first-order valence-electron chi connectivity index (χ1n) is 20.8. The molecule has 1 unspecified atom stereocenters. The van der Waals surface area contributed by atoms with Gasteiger partial charge < -0.3 is 14.2 Å². The van der Waals surface area contributed by atoms with Crippen molar-refractivity contribution in [2.24, 2.45) is 0 Å². The van der Waals surface area contributed by atoms with Gasteiger partial charge in [0.15, 0.2) is 6.10 Å². The molecule has 0 aromatic carbocycles. The molecule has 0 bridgehead atoms. The summed E-state index contributed by atoms with van der Waals surface area (Å²) in [5.41, 5.74) is 0. The minimum Gasteiger partial charge on any atom is -0.462 e. The fraction of sp³-hybridized carbons (Fsp3) is 0.733. The summed E-state index contributed by atoms with van der Waals surface area (Å²) < 4.78 is 17.1. The van der Waals surface area contributed by atoms with Gasteiger partial charge in [-0.1, -0.05) is 159 Å². The van der Waals surface area contributed by atoms with Crippen LogP contribution >= 0.6 is 0 Å². The fourth-order valence-corrected chi connectivity index (χ4v) is 5.42. The van der Waals surface area contributed by atoms with Crippen molar-refractivity contribution < 1.29 is 23.8 Å². The SMILES string of the molecule is CC/C=C\C/C=C\C/C=C\C/C=C\CCCCCCC(=O)OCC(COCCCCCCCC)OC(=O)CCCCCCC/C=C\CCCC. The van der Waals surface area contributed by atoms with Crippen LogP contribution in [0, 0.1) is 0 Å². The number of unbranched alkanes of at least 4 members (excludes halogenated alkanes) is 16. The van der Waals surface area contributed by atoms with E-state index in [1.54, 1.807) is 0 Å². The maximum atomic E-state index is 12.6. The van der Waals surface area contributed by atoms with E-state index in [0.29, 0.717) is 19.4 Å². The van der Waals surface area contributed by atoms with E-state index in [2.05, 4.69) is 81.5 Å². The van der Waals surface area contributed by atoms with Gasteiger partial charge in [-0.3, -0.25) is 9.59 Å². The lowest BCUT2D eigenvalue weighted by Gasteiger charge is -2.18. The second-order valence-electron chi connectivity index (χ2n) is 13.5. The monoisotopic (exact) mass is 699 g/mol. The number of esters is 2. The van der Waals surface area contributed by atoms with Crippen molar-refractivity contribution >= 4 is 11.9 Å². The molecule has 0 aliphatic carbocycles. The van der Waals surface area contributed by atoms with Gasteiger partial charge in [0, 0.05) is 19.4 Å². The Labute approximate surface area is 309 Å². The van der Waals surface area contributed by atoms with Gasteiger partial charge in [0.05, 0.1) is 6.61 Å². The van der Waals surface area contributed by atoms with Crippen LogP contribution in [0.1, 0.15) is 188 Å². The third-order valence-electron chi connectivity index (χ3n) is 8.54. The highest BCUT2D eigenvalue weighted by molar-refractivity contribution is 5.70. The predicted molar refractivity (Wildman–Crippen MR) is 214 cm³/mol. The van der Waals surface area contributed by atoms with Crippen LogP contribution in [0.2, 0.25) is 0 Å². The van der Waals surface area contributed by atoms with E-state index in [1.165, 1.54) is 57.8 Å². The lowest BCUT2D eigenvalue weighted by Crippen LogP contribution is -2.30. The number of carbonyl (C=O) groups is 2. The van der Waals surface area contributed by atoms with E-state index >= 15 is 0 Å². The van der Waals surface area contributed by atoms with Crippen LogP contribution in [0.15, 0.2) is 60.8 Å². The standard InChI is InChI=1S/C45H78O5/c1-4-7-10-13-16-18-20-21-22-23-24-25-27-28-30-32-35-38-44(46)49-42-43(41-48-40-37-34-15-12-9-6-3)50-45(47)39-36-33-31-29-26-19-17-14-11-8-5-2/h7,10,14,16-18,21-22,24-25,43H,4-6,8-9,11-13,15,19-20,23,26-42H2,1-3H3/b10-7-,17-14-,18-16-,22-21-,25-24-. The maximum Gasteiger partial charge on any atom is 0.306 e. The van der Waals surface area contributed by atoms with E-state index in [-0.39, 0.29) is 25.2 Å². The summed E-state index contributed by atoms with van der Waals surface area (Å²) >= 11 is 0. The van der Waals surface area contributed by atoms with Gasteiger partial charge in [-0.05, 0) is 77.0 Å². The molecule has 0 radical (unpaired) electrons. The van der Waals surface area contributed by atoms with Crippen LogP contribution < -0.4 is 0 Å². The zero-order chi connectivity index (χ0) is 36.4. The molecule has 0 aliphatic heterocycles. The molecular weight excluding hydrogens is 620 g/mol. The van der Waals surface area contributed by atoms with Crippen LogP contribution in [0.4, 0.5) is 0 Å². The lowest BCUT2D eigenvalue weighted by atomic mass is 10.1. The Morgan fingerprint density at radius 2 is 0.920 bits per heavy atom. The first-order chi connectivity index (χ1) is 24.6. The largest absolute Gasteiger partial charge is 0.462 e. The zero-order valence-corrected chi connectivity index (χ0v) is 32.9. The third-order valence-corrected chi connectivity index (χ3v) is 8.54. The molecule has 0 aromatic rings. The minimum atomic E-state index is -0.544. The second-order valence-corrected chi connectivity index (χ2v) is 13.5. The summed E-state index contributed by atoms with van der Waals surface area (Å²) in [7, 11) is 0. The highest BCUT2D eigenvalue weighted by atomic mass is 16.6. The predicted octanol–water partition coefficient (Wildman–Crippen LogP) is 13.4. The maximum absolute atomic E-state index is 12.6. The number of hydrogen-bond acceptors (Lipinski definition) is 5. The molecule has 0 N–H and O–H groups in total. The third kappa shape index (κ3) is 38.4. The number of rotatable bonds is 37. The second kappa shape index (κ2) is 41.0. The highest BCUT2D eigenvalue weighted by Gasteiger charge is 2.17. The van der Waals surface area contributed by atoms with Crippen molar-refractivity contribution in [3.05, 3.63) is 60.8 Å². The molecule has 0 amide bonds. The highest BCUT2D eigenvalue weighted by Crippen LogP contribution is 2.12. The molecule has 50 heavy (non-hydrogen) atoms. The number of ether oxygens (including phenoxy) is 3. The summed E-state index contributed by atoms with van der Waals surface area (Å²) in [5, 5.41) is 0. The summed E-state index contributed by atoms with van der Waals surface area (Å²) in [6.45, 7) is 7.59. The Morgan fingerprint density at radius 3 is 1.52 bits per heavy atom. The summed E-state index contributed by atoms with van der Waals surface area (Å²) in [6, 6.07) is 0. The van der Waals surface area contributed by atoms with Crippen molar-refractivity contribution in [1.82, 2.24) is 0 Å². The zero-order valence-electron chi connectivity index (χ0n) is 32.9. The quantitative estimate of drug-likeness (QED) is 0.0367. The molecule has 0 spiro atoms. The van der Waals surface area contributed by atoms with Gasteiger partial charge in [-0.25, -0.2) is 0 Å². The lowest BCUT2D eigenvalue weighted by molar-refractivity contribution is -0.163. The van der Waals surface area contributed by atoms with Crippen molar-refractivity contribution in [1.29, 1.82) is 0 Å². The molecule has 288 valence electrons. The molecule has 5 nitrogen and oxygen atoms in total. The Balaban J connectivity index is 4.19. The number of hydrogen-bond donors (Lipinski definition) is 0. The number of allylic oxidation sites excluding steroid dienone is 10. The van der Waals surface area contributed by atoms with Crippen LogP contribution in [0.3, 0.4) is 0 Å². The van der Waals surface area contributed by atoms with Gasteiger partial charge in [0.25, 0.3) is 0 Å². The molecule has 5 heteroatoms. The smallest absolute Gasteiger partial charge is 0.306 e. The van der Waals surface area contributed by atoms with E-state index < -0.39 is 6.10 Å². The Bertz CT molecular complexity index is 884. The Hall–Kier alpha value is -2.40. The molecule has 0 aromatic heterocycles. The fourth-order valence-electron chi connectivity index (χ4n) is 5.42. The molecule has 1 atom stereocenters. The van der Waals surface area contributed by atoms with Gasteiger partial charge in [0.2, 0.25) is 0 Å². The normalized spacial score (nSPS) is 12.8. The minimum absolute atomic E-state index is 0.0681. The van der Waals surface area contributed by atoms with Crippen molar-refractivity contribution in [3.8, 4) is 0 Å². The van der Waals surface area contributed by atoms with Crippen LogP contribution in [0.5, 0.6) is 0 Å². The average molecular weight is 699 g/mol. The van der Waals surface area contributed by atoms with Gasteiger partial charge >= 0.3 is 11.9 Å². The van der Waals surface area contributed by atoms with Crippen LogP contribution in [-0.2, 0) is 23.8 Å². The van der Waals surface area contributed by atoms with Gasteiger partial charge in [-0.15, -0.1) is 0 Å². The summed E-state index contributed by atoms with van der Waals surface area (Å²) in [5.74, 6) is -0.442. The molecule has 0 fully saturated rings. The molecular formula is C45H78O5. The van der Waals surface area contributed by atoms with Crippen molar-refractivity contribution in [2.75, 3.05) is 19.8 Å². The topological polar surface area (TPSA) is 61.8 Å². The molecule has 0 aliphatic rings. The van der Waals surface area contributed by atoms with Crippen molar-refractivity contribution in [2.45, 2.75) is 194 Å². The van der Waals surface area contributed by atoms with Crippen LogP contribution in [0.25, 0.3) is 0 Å². The van der Waals surface area contributed by atoms with Gasteiger partial charge in [-0.2, -0.15) is 0 Å². The summed E-state index contributed by atoms with van der Waals surface area (Å²) in [6.07, 6.45) is 49.3. The molecule has 0 heterocycles. The van der Waals surface area contributed by atoms with E-state index in [9.17, 15) is 9.59 Å². The summed E-state index contributed by atoms with van der Waals surface area (Å²) in [4.78, 5) is 25.0. The molecule has 0 saturated heterocycles. The molecule has 0 saturated carbocycles. The number of carbonyl (C=O) groups excluding carboxylic acids is 2. The Morgan fingerprint density at radius 1 is 0.460 bits per heavy atom. The van der Waals surface area contributed by atoms with E-state index in [1.807, 2.05) is 0 Å². The van der Waals surface area contributed by atoms with Crippen molar-refractivity contribution in [3.63, 3.8) is 0 Å². The van der Waals surface area contributed by atoms with E-state index in [4.69, 9.17) is 14.2 Å². The average Bonchev–Trinajstić information content (AvgIpc) is 3.11. The van der Waals surface area contributed by atoms with E-state index in [0.717, 1.165) is 96.3 Å².